The van der Waals surface area contributed by atoms with Gasteiger partial charge in [0.1, 0.15) is 11.6 Å². The van der Waals surface area contributed by atoms with Crippen molar-refractivity contribution in [3.05, 3.63) is 41.8 Å². The molecule has 0 radical (unpaired) electrons. The standard InChI is InChI=1S/C21H27FN6O/c1-3-12-25-20-16(7-5-4-6-13-24-19(29)15-23-2)14-26-21(28-20)27-18-10-8-17(22)9-11-18/h8-11,14,23H,3-4,6,12-13,15H2,1-2H3,(H,24,29)(H2,25,26,27,28). The number of likely N-dealkylation sites (N-methyl/N-ethyl adjacent to an activating group) is 1. The Bertz CT molecular complexity index is 844. The van der Waals surface area contributed by atoms with Gasteiger partial charge in [0.15, 0.2) is 0 Å². The molecule has 0 aliphatic rings. The van der Waals surface area contributed by atoms with Crippen molar-refractivity contribution < 1.29 is 9.18 Å². The zero-order valence-corrected chi connectivity index (χ0v) is 16.8. The van der Waals surface area contributed by atoms with E-state index in [1.54, 1.807) is 25.4 Å². The maximum atomic E-state index is 13.0. The van der Waals surface area contributed by atoms with Crippen molar-refractivity contribution in [3.8, 4) is 11.8 Å². The highest BCUT2D eigenvalue weighted by molar-refractivity contribution is 5.77. The first-order valence-electron chi connectivity index (χ1n) is 9.66. The third kappa shape index (κ3) is 8.15. The molecule has 1 aromatic heterocycles. The van der Waals surface area contributed by atoms with Crippen LogP contribution in [0.5, 0.6) is 0 Å². The van der Waals surface area contributed by atoms with Crippen LogP contribution in [0.25, 0.3) is 0 Å². The molecule has 0 spiro atoms. The Morgan fingerprint density at radius 3 is 2.72 bits per heavy atom. The molecule has 1 aromatic carbocycles. The first-order valence-corrected chi connectivity index (χ1v) is 9.66. The van der Waals surface area contributed by atoms with Gasteiger partial charge in [0.05, 0.1) is 18.3 Å². The number of nitrogens with zero attached hydrogens (tertiary/aromatic N) is 2. The fourth-order valence-electron chi connectivity index (χ4n) is 2.36. The molecule has 1 heterocycles. The van der Waals surface area contributed by atoms with Gasteiger partial charge >= 0.3 is 0 Å². The van der Waals surface area contributed by atoms with Crippen LogP contribution in [-0.2, 0) is 4.79 Å². The lowest BCUT2D eigenvalue weighted by Crippen LogP contribution is -2.32. The molecule has 4 N–H and O–H groups in total. The summed E-state index contributed by atoms with van der Waals surface area (Å²) in [6.07, 6.45) is 4.04. The number of benzene rings is 1. The third-order valence-electron chi connectivity index (χ3n) is 3.79. The smallest absolute Gasteiger partial charge is 0.233 e. The Kier molecular flexibility index (Phi) is 9.39. The van der Waals surface area contributed by atoms with Gasteiger partial charge < -0.3 is 21.3 Å². The van der Waals surface area contributed by atoms with E-state index in [1.807, 2.05) is 0 Å². The molecule has 7 nitrogen and oxygen atoms in total. The highest BCUT2D eigenvalue weighted by Gasteiger charge is 2.06. The fraction of sp³-hybridized carbons (Fsp3) is 0.381. The van der Waals surface area contributed by atoms with E-state index in [0.717, 1.165) is 19.4 Å². The predicted octanol–water partition coefficient (Wildman–Crippen LogP) is 2.65. The molecular formula is C21H27FN6O. The first-order chi connectivity index (χ1) is 14.1. The van der Waals surface area contributed by atoms with Crippen molar-refractivity contribution >= 4 is 23.4 Å². The molecule has 0 saturated heterocycles. The van der Waals surface area contributed by atoms with Gasteiger partial charge in [0.2, 0.25) is 11.9 Å². The quantitative estimate of drug-likeness (QED) is 0.363. The number of nitrogens with one attached hydrogen (secondary N) is 4. The highest BCUT2D eigenvalue weighted by atomic mass is 19.1. The summed E-state index contributed by atoms with van der Waals surface area (Å²) in [7, 11) is 1.73. The van der Waals surface area contributed by atoms with Crippen LogP contribution in [0.2, 0.25) is 0 Å². The monoisotopic (exact) mass is 398 g/mol. The zero-order valence-electron chi connectivity index (χ0n) is 16.8. The summed E-state index contributed by atoms with van der Waals surface area (Å²) in [6, 6.07) is 6.00. The van der Waals surface area contributed by atoms with Crippen LogP contribution in [-0.4, -0.2) is 42.6 Å². The number of hydrogen-bond acceptors (Lipinski definition) is 6. The Balaban J connectivity index is 1.98. The minimum absolute atomic E-state index is 0.0239. The number of halogens is 1. The number of carbonyl (C=O) groups excluding carboxylic acids is 1. The average molecular weight is 398 g/mol. The van der Waals surface area contributed by atoms with Crippen molar-refractivity contribution in [1.82, 2.24) is 20.6 Å². The Hall–Kier alpha value is -3.18. The van der Waals surface area contributed by atoms with Crippen LogP contribution >= 0.6 is 0 Å². The number of carbonyl (C=O) groups is 1. The molecule has 29 heavy (non-hydrogen) atoms. The van der Waals surface area contributed by atoms with Crippen LogP contribution in [0.1, 0.15) is 31.7 Å². The molecule has 0 atom stereocenters. The van der Waals surface area contributed by atoms with E-state index >= 15 is 0 Å². The largest absolute Gasteiger partial charge is 0.369 e. The summed E-state index contributed by atoms with van der Waals surface area (Å²) in [4.78, 5) is 20.2. The number of unbranched alkanes of at least 4 members (excludes halogenated alkanes) is 1. The highest BCUT2D eigenvalue weighted by Crippen LogP contribution is 2.17. The van der Waals surface area contributed by atoms with E-state index in [1.165, 1.54) is 12.1 Å². The summed E-state index contributed by atoms with van der Waals surface area (Å²) in [6.45, 7) is 3.74. The minimum Gasteiger partial charge on any atom is -0.369 e. The van der Waals surface area contributed by atoms with Gasteiger partial charge in [0.25, 0.3) is 0 Å². The maximum absolute atomic E-state index is 13.0. The molecule has 0 bridgehead atoms. The number of rotatable bonds is 10. The van der Waals surface area contributed by atoms with Gasteiger partial charge in [-0.25, -0.2) is 9.37 Å². The second-order valence-corrected chi connectivity index (χ2v) is 6.30. The molecule has 1 amide bonds. The lowest BCUT2D eigenvalue weighted by Gasteiger charge is -2.10. The molecule has 8 heteroatoms. The van der Waals surface area contributed by atoms with Crippen molar-refractivity contribution in [3.63, 3.8) is 0 Å². The van der Waals surface area contributed by atoms with E-state index in [0.29, 0.717) is 42.5 Å². The second-order valence-electron chi connectivity index (χ2n) is 6.30. The van der Waals surface area contributed by atoms with Crippen LogP contribution < -0.4 is 21.3 Å². The summed E-state index contributed by atoms with van der Waals surface area (Å²) < 4.78 is 13.0. The fourth-order valence-corrected chi connectivity index (χ4v) is 2.36. The molecule has 0 aliphatic heterocycles. The summed E-state index contributed by atoms with van der Waals surface area (Å²) in [5.41, 5.74) is 1.41. The van der Waals surface area contributed by atoms with Gasteiger partial charge in [-0.3, -0.25) is 4.79 Å². The number of amides is 1. The van der Waals surface area contributed by atoms with Crippen molar-refractivity contribution in [1.29, 1.82) is 0 Å². The van der Waals surface area contributed by atoms with Gasteiger partial charge in [0, 0.05) is 25.2 Å². The SMILES string of the molecule is CCCNc1nc(Nc2ccc(F)cc2)ncc1C#CCCCNC(=O)CNC. The molecular weight excluding hydrogens is 371 g/mol. The van der Waals surface area contributed by atoms with Crippen LogP contribution in [0.15, 0.2) is 30.5 Å². The zero-order chi connectivity index (χ0) is 20.9. The molecule has 2 aromatic rings. The van der Waals surface area contributed by atoms with E-state index in [-0.39, 0.29) is 11.7 Å². The van der Waals surface area contributed by atoms with Crippen LogP contribution in [0.4, 0.5) is 21.8 Å². The maximum Gasteiger partial charge on any atom is 0.233 e. The lowest BCUT2D eigenvalue weighted by atomic mass is 10.2. The van der Waals surface area contributed by atoms with Crippen molar-refractivity contribution in [2.24, 2.45) is 0 Å². The van der Waals surface area contributed by atoms with Gasteiger partial charge in [-0.15, -0.1) is 0 Å². The molecule has 0 unspecified atom stereocenters. The Morgan fingerprint density at radius 2 is 2.00 bits per heavy atom. The van der Waals surface area contributed by atoms with Crippen LogP contribution in [0, 0.1) is 17.7 Å². The van der Waals surface area contributed by atoms with Crippen molar-refractivity contribution in [2.75, 3.05) is 37.3 Å². The third-order valence-corrected chi connectivity index (χ3v) is 3.79. The average Bonchev–Trinajstić information content (AvgIpc) is 2.72. The predicted molar refractivity (Wildman–Crippen MR) is 114 cm³/mol. The number of aromatic nitrogens is 2. The number of hydrogen-bond donors (Lipinski definition) is 4. The van der Waals surface area contributed by atoms with E-state index in [9.17, 15) is 9.18 Å². The lowest BCUT2D eigenvalue weighted by molar-refractivity contribution is -0.120. The molecule has 0 fully saturated rings. The van der Waals surface area contributed by atoms with Gasteiger partial charge in [-0.1, -0.05) is 18.8 Å². The van der Waals surface area contributed by atoms with E-state index < -0.39 is 0 Å². The summed E-state index contributed by atoms with van der Waals surface area (Å²) in [5, 5.41) is 11.9. The first kappa shape index (κ1) is 22.1. The Morgan fingerprint density at radius 1 is 1.21 bits per heavy atom. The van der Waals surface area contributed by atoms with Gasteiger partial charge in [-0.05, 0) is 44.2 Å². The molecule has 0 saturated carbocycles. The Labute approximate surface area is 170 Å². The molecule has 154 valence electrons. The number of anilines is 3. The topological polar surface area (TPSA) is 91.0 Å². The summed E-state index contributed by atoms with van der Waals surface area (Å²) in [5.74, 6) is 6.94. The minimum atomic E-state index is -0.297. The van der Waals surface area contributed by atoms with E-state index in [4.69, 9.17) is 0 Å². The molecule has 2 rings (SSSR count). The second kappa shape index (κ2) is 12.3. The van der Waals surface area contributed by atoms with E-state index in [2.05, 4.69) is 50.0 Å². The van der Waals surface area contributed by atoms with Crippen LogP contribution in [0.3, 0.4) is 0 Å². The normalized spacial score (nSPS) is 10.0. The molecule has 0 aliphatic carbocycles. The summed E-state index contributed by atoms with van der Waals surface area (Å²) >= 11 is 0. The van der Waals surface area contributed by atoms with Crippen molar-refractivity contribution in [2.45, 2.75) is 26.2 Å². The van der Waals surface area contributed by atoms with Gasteiger partial charge in [-0.2, -0.15) is 4.98 Å².